The van der Waals surface area contributed by atoms with Gasteiger partial charge in [-0.15, -0.1) is 0 Å². The fraction of sp³-hybridized carbons (Fsp3) is 0.192. The lowest BCUT2D eigenvalue weighted by molar-refractivity contribution is 0.472. The number of anilines is 2. The summed E-state index contributed by atoms with van der Waals surface area (Å²) in [6, 6.07) is 14.6. The number of aromatic nitrogens is 2. The largest absolute Gasteiger partial charge is 0.340 e. The Hall–Kier alpha value is -3.26. The molecule has 0 aliphatic carbocycles. The van der Waals surface area contributed by atoms with E-state index in [1.165, 1.54) is 18.2 Å². The van der Waals surface area contributed by atoms with Gasteiger partial charge < -0.3 is 20.9 Å². The Balaban J connectivity index is 1.51. The molecular weight excluding hydrogens is 456 g/mol. The maximum Gasteiger partial charge on any atom is 0.141 e. The lowest BCUT2D eigenvalue weighted by Crippen LogP contribution is -2.30. The van der Waals surface area contributed by atoms with E-state index in [9.17, 15) is 8.78 Å². The van der Waals surface area contributed by atoms with E-state index in [0.29, 0.717) is 12.4 Å². The minimum absolute atomic E-state index is 0.0161. The van der Waals surface area contributed by atoms with Crippen LogP contribution in [0.25, 0.3) is 5.69 Å². The van der Waals surface area contributed by atoms with Crippen LogP contribution in [-0.4, -0.2) is 16.1 Å². The number of hydrogen-bond acceptors (Lipinski definition) is 4. The quantitative estimate of drug-likeness (QED) is 0.280. The standard InChI is InChI=1S/C26H26ClF2N5/c1-16-14-31-26(33-21-6-4-20(28)5-7-21)12-25(16)34-10-9-19(15-34)17(2)32-24(13-30)18-3-8-23(29)22(27)11-18/h3-12,14-15,17,24,32H,13,30H2,1-2H3,(H,31,33). The molecule has 0 radical (unpaired) electrons. The van der Waals surface area contributed by atoms with Gasteiger partial charge in [-0.2, -0.15) is 0 Å². The topological polar surface area (TPSA) is 67.9 Å². The molecule has 8 heteroatoms. The third-order valence-corrected chi connectivity index (χ3v) is 6.01. The van der Waals surface area contributed by atoms with Crippen molar-refractivity contribution in [1.29, 1.82) is 0 Å². The zero-order valence-electron chi connectivity index (χ0n) is 18.9. The first-order valence-electron chi connectivity index (χ1n) is 10.9. The van der Waals surface area contributed by atoms with Gasteiger partial charge in [-0.1, -0.05) is 17.7 Å². The number of nitrogens with one attached hydrogen (secondary N) is 2. The Bertz CT molecular complexity index is 1270. The summed E-state index contributed by atoms with van der Waals surface area (Å²) in [5.41, 5.74) is 10.6. The Morgan fingerprint density at radius 3 is 2.53 bits per heavy atom. The van der Waals surface area contributed by atoms with Gasteiger partial charge in [0.15, 0.2) is 0 Å². The van der Waals surface area contributed by atoms with Gasteiger partial charge >= 0.3 is 0 Å². The van der Waals surface area contributed by atoms with Crippen LogP contribution in [0.2, 0.25) is 5.02 Å². The van der Waals surface area contributed by atoms with Crippen LogP contribution >= 0.6 is 11.6 Å². The summed E-state index contributed by atoms with van der Waals surface area (Å²) in [6.45, 7) is 4.39. The first-order valence-corrected chi connectivity index (χ1v) is 11.3. The van der Waals surface area contributed by atoms with Crippen LogP contribution in [0.15, 0.2) is 73.2 Å². The molecule has 0 saturated carbocycles. The van der Waals surface area contributed by atoms with Crippen LogP contribution in [0, 0.1) is 18.6 Å². The van der Waals surface area contributed by atoms with Gasteiger partial charge in [-0.25, -0.2) is 13.8 Å². The van der Waals surface area contributed by atoms with E-state index < -0.39 is 5.82 Å². The predicted octanol–water partition coefficient (Wildman–Crippen LogP) is 6.21. The molecule has 0 saturated heterocycles. The first kappa shape index (κ1) is 23.9. The zero-order valence-corrected chi connectivity index (χ0v) is 19.7. The number of halogens is 3. The van der Waals surface area contributed by atoms with Crippen molar-refractivity contribution in [2.24, 2.45) is 5.73 Å². The molecule has 0 bridgehead atoms. The second-order valence-corrected chi connectivity index (χ2v) is 8.60. The molecule has 0 aliphatic rings. The average molecular weight is 482 g/mol. The lowest BCUT2D eigenvalue weighted by Gasteiger charge is -2.22. The highest BCUT2D eigenvalue weighted by Gasteiger charge is 2.17. The summed E-state index contributed by atoms with van der Waals surface area (Å²) < 4.78 is 28.8. The fourth-order valence-corrected chi connectivity index (χ4v) is 3.98. The molecule has 2 atom stereocenters. The van der Waals surface area contributed by atoms with Crippen LogP contribution in [-0.2, 0) is 0 Å². The van der Waals surface area contributed by atoms with Gasteiger partial charge in [-0.3, -0.25) is 0 Å². The molecule has 4 aromatic rings. The Kier molecular flexibility index (Phi) is 7.26. The van der Waals surface area contributed by atoms with E-state index in [1.54, 1.807) is 30.5 Å². The van der Waals surface area contributed by atoms with Crippen LogP contribution in [0.5, 0.6) is 0 Å². The Morgan fingerprint density at radius 2 is 1.82 bits per heavy atom. The highest BCUT2D eigenvalue weighted by Crippen LogP contribution is 2.26. The van der Waals surface area contributed by atoms with Crippen molar-refractivity contribution in [3.05, 3.63) is 107 Å². The molecule has 176 valence electrons. The van der Waals surface area contributed by atoms with Gasteiger partial charge in [0, 0.05) is 49.0 Å². The smallest absolute Gasteiger partial charge is 0.141 e. The lowest BCUT2D eigenvalue weighted by atomic mass is 10.0. The zero-order chi connectivity index (χ0) is 24.2. The maximum atomic E-state index is 13.5. The number of aryl methyl sites for hydroxylation is 1. The summed E-state index contributed by atoms with van der Waals surface area (Å²) >= 11 is 5.95. The van der Waals surface area contributed by atoms with Gasteiger partial charge in [0.25, 0.3) is 0 Å². The molecule has 0 amide bonds. The first-order chi connectivity index (χ1) is 16.3. The van der Waals surface area contributed by atoms with E-state index in [2.05, 4.69) is 15.6 Å². The van der Waals surface area contributed by atoms with E-state index in [-0.39, 0.29) is 22.9 Å². The molecule has 2 heterocycles. The number of benzene rings is 2. The minimum atomic E-state index is -0.452. The highest BCUT2D eigenvalue weighted by molar-refractivity contribution is 6.30. The number of hydrogen-bond donors (Lipinski definition) is 3. The van der Waals surface area contributed by atoms with Crippen molar-refractivity contribution in [3.63, 3.8) is 0 Å². The summed E-state index contributed by atoms with van der Waals surface area (Å²) in [6.07, 6.45) is 5.84. The van der Waals surface area contributed by atoms with Crippen LogP contribution < -0.4 is 16.4 Å². The molecule has 2 aromatic carbocycles. The fourth-order valence-electron chi connectivity index (χ4n) is 3.79. The highest BCUT2D eigenvalue weighted by atomic mass is 35.5. The van der Waals surface area contributed by atoms with Gasteiger partial charge in [0.1, 0.15) is 17.5 Å². The van der Waals surface area contributed by atoms with Crippen molar-refractivity contribution in [3.8, 4) is 5.69 Å². The van der Waals surface area contributed by atoms with E-state index in [1.807, 2.05) is 42.9 Å². The third-order valence-electron chi connectivity index (χ3n) is 5.72. The van der Waals surface area contributed by atoms with Crippen molar-refractivity contribution in [2.75, 3.05) is 11.9 Å². The monoisotopic (exact) mass is 481 g/mol. The van der Waals surface area contributed by atoms with Gasteiger partial charge in [0.2, 0.25) is 0 Å². The van der Waals surface area contributed by atoms with Crippen LogP contribution in [0.4, 0.5) is 20.3 Å². The number of nitrogens with two attached hydrogens (primary N) is 1. The summed E-state index contributed by atoms with van der Waals surface area (Å²) in [5, 5.41) is 6.78. The van der Waals surface area contributed by atoms with Gasteiger partial charge in [0.05, 0.1) is 10.7 Å². The average Bonchev–Trinajstić information content (AvgIpc) is 3.32. The second kappa shape index (κ2) is 10.3. The third kappa shape index (κ3) is 5.44. The molecule has 34 heavy (non-hydrogen) atoms. The number of rotatable bonds is 8. The molecule has 4 rings (SSSR count). The molecule has 5 nitrogen and oxygen atoms in total. The molecule has 4 N–H and O–H groups in total. The van der Waals surface area contributed by atoms with Crippen molar-refractivity contribution in [1.82, 2.24) is 14.9 Å². The molecule has 2 unspecified atom stereocenters. The normalized spacial score (nSPS) is 13.0. The Morgan fingerprint density at radius 1 is 1.06 bits per heavy atom. The molecule has 0 fully saturated rings. The number of pyridine rings is 1. The summed E-state index contributed by atoms with van der Waals surface area (Å²) in [5.74, 6) is -0.0811. The summed E-state index contributed by atoms with van der Waals surface area (Å²) in [4.78, 5) is 4.44. The van der Waals surface area contributed by atoms with Crippen molar-refractivity contribution >= 4 is 23.1 Å². The maximum absolute atomic E-state index is 13.5. The van der Waals surface area contributed by atoms with Crippen LogP contribution in [0.3, 0.4) is 0 Å². The summed E-state index contributed by atoms with van der Waals surface area (Å²) in [7, 11) is 0. The molecule has 2 aromatic heterocycles. The second-order valence-electron chi connectivity index (χ2n) is 8.19. The van der Waals surface area contributed by atoms with Gasteiger partial charge in [-0.05, 0) is 73.0 Å². The van der Waals surface area contributed by atoms with E-state index in [0.717, 1.165) is 28.1 Å². The predicted molar refractivity (Wildman–Crippen MR) is 133 cm³/mol. The van der Waals surface area contributed by atoms with E-state index >= 15 is 0 Å². The van der Waals surface area contributed by atoms with Crippen LogP contribution in [0.1, 0.15) is 35.7 Å². The number of nitrogens with zero attached hydrogens (tertiary/aromatic N) is 2. The van der Waals surface area contributed by atoms with E-state index in [4.69, 9.17) is 17.3 Å². The molecule has 0 spiro atoms. The SMILES string of the molecule is Cc1cnc(Nc2ccc(F)cc2)cc1-n1ccc(C(C)NC(CN)c2ccc(F)c(Cl)c2)c1. The minimum Gasteiger partial charge on any atom is -0.340 e. The van der Waals surface area contributed by atoms with Crippen molar-refractivity contribution < 1.29 is 8.78 Å². The molecule has 0 aliphatic heterocycles. The van der Waals surface area contributed by atoms with Crippen molar-refractivity contribution in [2.45, 2.75) is 25.9 Å². The Labute approximate surface area is 202 Å². The molecular formula is C26H26ClF2N5.